The summed E-state index contributed by atoms with van der Waals surface area (Å²) < 4.78 is 41.7. The van der Waals surface area contributed by atoms with Crippen molar-refractivity contribution in [2.45, 2.75) is 18.8 Å². The Hall–Kier alpha value is -2.94. The largest absolute Gasteiger partial charge is 0.412 e. The third kappa shape index (κ3) is 3.67. The van der Waals surface area contributed by atoms with Gasteiger partial charge in [0.05, 0.1) is 24.0 Å². The first-order valence-corrected chi connectivity index (χ1v) is 7.73. The minimum absolute atomic E-state index is 0.0601. The van der Waals surface area contributed by atoms with Crippen LogP contribution in [0.5, 0.6) is 0 Å². The average Bonchev–Trinajstić information content (AvgIpc) is 3.02. The topological polar surface area (TPSA) is 80.0 Å². The van der Waals surface area contributed by atoms with E-state index in [9.17, 15) is 18.0 Å². The molecule has 0 bridgehead atoms. The molecule has 2 N–H and O–H groups in total. The Kier molecular flexibility index (Phi) is 4.90. The molecule has 3 rings (SSSR count). The number of carbonyl (C=O) groups is 1. The zero-order valence-electron chi connectivity index (χ0n) is 13.4. The van der Waals surface area contributed by atoms with Crippen molar-refractivity contribution in [3.05, 3.63) is 60.2 Å². The minimum atomic E-state index is -4.66. The van der Waals surface area contributed by atoms with E-state index in [0.717, 1.165) is 6.20 Å². The zero-order valence-corrected chi connectivity index (χ0v) is 13.4. The maximum absolute atomic E-state index is 13.3. The monoisotopic (exact) mass is 364 g/mol. The Labute approximate surface area is 146 Å². The van der Waals surface area contributed by atoms with Gasteiger partial charge in [-0.15, -0.1) is 0 Å². The van der Waals surface area contributed by atoms with Crippen molar-refractivity contribution in [2.75, 3.05) is 6.61 Å². The number of aliphatic hydroxyl groups is 1. The maximum Gasteiger partial charge on any atom is 0.412 e. The van der Waals surface area contributed by atoms with E-state index in [1.54, 1.807) is 10.6 Å². The van der Waals surface area contributed by atoms with Gasteiger partial charge in [0.25, 0.3) is 5.91 Å². The van der Waals surface area contributed by atoms with E-state index in [2.05, 4.69) is 9.97 Å². The molecule has 0 aliphatic heterocycles. The van der Waals surface area contributed by atoms with Crippen LogP contribution < -0.4 is 5.32 Å². The Morgan fingerprint density at radius 2 is 2.12 bits per heavy atom. The zero-order chi connectivity index (χ0) is 18.7. The smallest absolute Gasteiger partial charge is 0.395 e. The van der Waals surface area contributed by atoms with Crippen LogP contribution in [-0.4, -0.2) is 38.3 Å². The highest BCUT2D eigenvalue weighted by Gasteiger charge is 2.42. The molecule has 0 aliphatic carbocycles. The second kappa shape index (κ2) is 7.12. The molecule has 26 heavy (non-hydrogen) atoms. The predicted molar refractivity (Wildman–Crippen MR) is 87.3 cm³/mol. The maximum atomic E-state index is 13.3. The summed E-state index contributed by atoms with van der Waals surface area (Å²) in [7, 11) is 0. The van der Waals surface area contributed by atoms with Gasteiger partial charge in [-0.2, -0.15) is 13.2 Å². The Bertz CT molecular complexity index is 909. The van der Waals surface area contributed by atoms with Crippen LogP contribution >= 0.6 is 0 Å². The summed E-state index contributed by atoms with van der Waals surface area (Å²) in [6, 6.07) is 4.88. The fourth-order valence-electron chi connectivity index (χ4n) is 2.61. The lowest BCUT2D eigenvalue weighted by molar-refractivity contribution is -0.155. The van der Waals surface area contributed by atoms with E-state index in [4.69, 9.17) is 5.11 Å². The van der Waals surface area contributed by atoms with Gasteiger partial charge in [-0.25, -0.2) is 4.98 Å². The molecule has 9 heteroatoms. The number of nitrogens with one attached hydrogen (secondary N) is 1. The van der Waals surface area contributed by atoms with Crippen molar-refractivity contribution in [3.63, 3.8) is 0 Å². The van der Waals surface area contributed by atoms with E-state index in [1.807, 2.05) is 5.32 Å². The predicted octanol–water partition coefficient (Wildman–Crippen LogP) is 2.46. The van der Waals surface area contributed by atoms with Crippen LogP contribution in [0.2, 0.25) is 0 Å². The van der Waals surface area contributed by atoms with E-state index in [0.29, 0.717) is 17.6 Å². The number of imidazole rings is 1. The number of carbonyl (C=O) groups excluding carboxylic acids is 1. The molecule has 2 aromatic heterocycles. The number of benzene rings is 1. The van der Waals surface area contributed by atoms with Gasteiger partial charge in [-0.05, 0) is 24.3 Å². The normalized spacial score (nSPS) is 12.9. The number of alkyl halides is 3. The lowest BCUT2D eigenvalue weighted by Crippen LogP contribution is -2.38. The molecule has 2 heterocycles. The lowest BCUT2D eigenvalue weighted by Gasteiger charge is -2.21. The van der Waals surface area contributed by atoms with Gasteiger partial charge in [0.15, 0.2) is 6.04 Å². The molecule has 0 spiro atoms. The Balaban J connectivity index is 1.87. The molecule has 0 fully saturated rings. The summed E-state index contributed by atoms with van der Waals surface area (Å²) in [5.74, 6) is -0.866. The number of hydrogen-bond acceptors (Lipinski definition) is 4. The molecule has 0 unspecified atom stereocenters. The number of hydrogen-bond donors (Lipinski definition) is 2. The molecule has 1 amide bonds. The summed E-state index contributed by atoms with van der Waals surface area (Å²) in [5.41, 5.74) is 1.04. The number of nitrogens with zero attached hydrogens (tertiary/aromatic N) is 3. The van der Waals surface area contributed by atoms with Gasteiger partial charge in [0.1, 0.15) is 0 Å². The number of fused-ring (bicyclic) bond motifs is 1. The molecule has 3 aromatic rings. The second-order valence-corrected chi connectivity index (χ2v) is 5.60. The van der Waals surface area contributed by atoms with Crippen LogP contribution in [0.4, 0.5) is 13.2 Å². The standard InChI is InChI=1S/C17H15F3N4O2/c18-17(19,20)15(12-2-1-5-21-9-12)23-16(26)11-3-4-14-13(8-11)22-10-24(14)6-7-25/h1-5,8-10,15,25H,6-7H2,(H,23,26)/t15-/m1/s1. The van der Waals surface area contributed by atoms with Gasteiger partial charge < -0.3 is 15.0 Å². The van der Waals surface area contributed by atoms with Crippen LogP contribution in [0.15, 0.2) is 49.1 Å². The minimum Gasteiger partial charge on any atom is -0.395 e. The average molecular weight is 364 g/mol. The second-order valence-electron chi connectivity index (χ2n) is 5.60. The molecule has 0 radical (unpaired) electrons. The summed E-state index contributed by atoms with van der Waals surface area (Å²) >= 11 is 0. The van der Waals surface area contributed by atoms with E-state index < -0.39 is 18.1 Å². The number of amides is 1. The summed E-state index contributed by atoms with van der Waals surface area (Å²) in [6.45, 7) is 0.255. The van der Waals surface area contributed by atoms with Gasteiger partial charge in [0, 0.05) is 30.1 Å². The van der Waals surface area contributed by atoms with Crippen molar-refractivity contribution < 1.29 is 23.1 Å². The van der Waals surface area contributed by atoms with Gasteiger partial charge in [-0.3, -0.25) is 9.78 Å². The first kappa shape index (κ1) is 17.9. The van der Waals surface area contributed by atoms with Crippen LogP contribution in [0.3, 0.4) is 0 Å². The summed E-state index contributed by atoms with van der Waals surface area (Å²) in [4.78, 5) is 20.1. The van der Waals surface area contributed by atoms with Gasteiger partial charge >= 0.3 is 6.18 Å². The molecule has 0 saturated heterocycles. The quantitative estimate of drug-likeness (QED) is 0.729. The first-order valence-electron chi connectivity index (χ1n) is 7.73. The van der Waals surface area contributed by atoms with Crippen molar-refractivity contribution in [3.8, 4) is 0 Å². The molecule has 6 nitrogen and oxygen atoms in total. The highest BCUT2D eigenvalue weighted by molar-refractivity contribution is 5.97. The van der Waals surface area contributed by atoms with Crippen molar-refractivity contribution >= 4 is 16.9 Å². The molecule has 1 atom stereocenters. The van der Waals surface area contributed by atoms with Gasteiger partial charge in [-0.1, -0.05) is 6.07 Å². The van der Waals surface area contributed by atoms with Crippen molar-refractivity contribution in [1.29, 1.82) is 0 Å². The van der Waals surface area contributed by atoms with Crippen LogP contribution in [0, 0.1) is 0 Å². The first-order chi connectivity index (χ1) is 12.4. The third-order valence-electron chi connectivity index (χ3n) is 3.84. The van der Waals surface area contributed by atoms with Crippen LogP contribution in [0.1, 0.15) is 22.0 Å². The molecule has 136 valence electrons. The fraction of sp³-hybridized carbons (Fsp3) is 0.235. The number of aromatic nitrogens is 3. The lowest BCUT2D eigenvalue weighted by atomic mass is 10.1. The van der Waals surface area contributed by atoms with E-state index >= 15 is 0 Å². The van der Waals surface area contributed by atoms with Crippen LogP contribution in [0.25, 0.3) is 11.0 Å². The summed E-state index contributed by atoms with van der Waals surface area (Å²) in [5, 5.41) is 11.0. The molecular formula is C17H15F3N4O2. The molecule has 0 saturated carbocycles. The highest BCUT2D eigenvalue weighted by atomic mass is 19.4. The fourth-order valence-corrected chi connectivity index (χ4v) is 2.61. The number of aliphatic hydroxyl groups excluding tert-OH is 1. The number of pyridine rings is 1. The number of rotatable bonds is 5. The Morgan fingerprint density at radius 3 is 2.77 bits per heavy atom. The van der Waals surface area contributed by atoms with Gasteiger partial charge in [0.2, 0.25) is 0 Å². The van der Waals surface area contributed by atoms with E-state index in [-0.39, 0.29) is 17.7 Å². The molecular weight excluding hydrogens is 349 g/mol. The van der Waals surface area contributed by atoms with Crippen LogP contribution in [-0.2, 0) is 6.54 Å². The SMILES string of the molecule is O=C(N[C@H](c1cccnc1)C(F)(F)F)c1ccc2c(c1)ncn2CCO. The van der Waals surface area contributed by atoms with Crippen molar-refractivity contribution in [2.24, 2.45) is 0 Å². The number of halogens is 3. The Morgan fingerprint density at radius 1 is 1.31 bits per heavy atom. The van der Waals surface area contributed by atoms with Crippen molar-refractivity contribution in [1.82, 2.24) is 19.9 Å². The molecule has 0 aliphatic rings. The third-order valence-corrected chi connectivity index (χ3v) is 3.84. The molecule has 1 aromatic carbocycles. The highest BCUT2D eigenvalue weighted by Crippen LogP contribution is 2.32. The van der Waals surface area contributed by atoms with E-state index in [1.165, 1.54) is 36.8 Å². The summed E-state index contributed by atoms with van der Waals surface area (Å²) in [6.07, 6.45) is -0.740.